The van der Waals surface area contributed by atoms with Gasteiger partial charge in [0.05, 0.1) is 11.8 Å². The van der Waals surface area contributed by atoms with Crippen LogP contribution >= 0.6 is 11.3 Å². The average Bonchev–Trinajstić information content (AvgIpc) is 2.89. The van der Waals surface area contributed by atoms with Crippen LogP contribution in [0.3, 0.4) is 0 Å². The molecule has 1 aliphatic rings. The van der Waals surface area contributed by atoms with Crippen LogP contribution in [0.4, 0.5) is 0 Å². The van der Waals surface area contributed by atoms with Crippen molar-refractivity contribution in [3.05, 3.63) is 34.5 Å². The first-order valence-corrected chi connectivity index (χ1v) is 6.79. The smallest absolute Gasteiger partial charge is 0.307 e. The van der Waals surface area contributed by atoms with Gasteiger partial charge in [0.2, 0.25) is 5.91 Å². The molecule has 5 heteroatoms. The second kappa shape index (κ2) is 5.82. The summed E-state index contributed by atoms with van der Waals surface area (Å²) in [6, 6.07) is 1.94. The van der Waals surface area contributed by atoms with Crippen LogP contribution in [-0.2, 0) is 16.1 Å². The molecule has 0 bridgehead atoms. The number of carbonyl (C=O) groups excluding carboxylic acids is 1. The van der Waals surface area contributed by atoms with E-state index in [2.05, 4.69) is 5.32 Å². The summed E-state index contributed by atoms with van der Waals surface area (Å²) in [6.45, 7) is 0.467. The molecule has 0 fully saturated rings. The predicted molar refractivity (Wildman–Crippen MR) is 69.2 cm³/mol. The van der Waals surface area contributed by atoms with Gasteiger partial charge in [0.1, 0.15) is 0 Å². The summed E-state index contributed by atoms with van der Waals surface area (Å²) in [7, 11) is 0. The monoisotopic (exact) mass is 265 g/mol. The standard InChI is InChI=1S/C13H15NO3S/c15-12(14-7-9-5-6-18-8-9)10-3-1-2-4-11(10)13(16)17/h1-2,5-6,8,10-11H,3-4,7H2,(H,14,15)(H,16,17)/t10-,11+/m0/s1. The van der Waals surface area contributed by atoms with Crippen molar-refractivity contribution in [2.24, 2.45) is 11.8 Å². The normalized spacial score (nSPS) is 22.7. The van der Waals surface area contributed by atoms with Gasteiger partial charge in [-0.2, -0.15) is 11.3 Å². The third-order valence-electron chi connectivity index (χ3n) is 3.13. The molecule has 0 spiro atoms. The zero-order valence-corrected chi connectivity index (χ0v) is 10.7. The van der Waals surface area contributed by atoms with Gasteiger partial charge in [-0.15, -0.1) is 0 Å². The number of carboxylic acids is 1. The van der Waals surface area contributed by atoms with E-state index in [1.165, 1.54) is 0 Å². The molecule has 1 amide bonds. The molecule has 18 heavy (non-hydrogen) atoms. The van der Waals surface area contributed by atoms with Crippen molar-refractivity contribution in [3.8, 4) is 0 Å². The zero-order valence-electron chi connectivity index (χ0n) is 9.83. The number of allylic oxidation sites excluding steroid dienone is 2. The van der Waals surface area contributed by atoms with Gasteiger partial charge in [0.15, 0.2) is 0 Å². The summed E-state index contributed by atoms with van der Waals surface area (Å²) in [5, 5.41) is 15.8. The van der Waals surface area contributed by atoms with Crippen molar-refractivity contribution in [3.63, 3.8) is 0 Å². The molecule has 0 aliphatic heterocycles. The lowest BCUT2D eigenvalue weighted by Crippen LogP contribution is -2.38. The van der Waals surface area contributed by atoms with Crippen LogP contribution in [0.25, 0.3) is 0 Å². The molecule has 1 aromatic heterocycles. The highest BCUT2D eigenvalue weighted by atomic mass is 32.1. The number of amides is 1. The van der Waals surface area contributed by atoms with E-state index in [4.69, 9.17) is 5.11 Å². The van der Waals surface area contributed by atoms with Crippen LogP contribution in [-0.4, -0.2) is 17.0 Å². The minimum Gasteiger partial charge on any atom is -0.481 e. The van der Waals surface area contributed by atoms with Crippen LogP contribution < -0.4 is 5.32 Å². The van der Waals surface area contributed by atoms with Gasteiger partial charge in [-0.1, -0.05) is 12.2 Å². The Hall–Kier alpha value is -1.62. The highest BCUT2D eigenvalue weighted by Gasteiger charge is 2.33. The highest BCUT2D eigenvalue weighted by Crippen LogP contribution is 2.26. The van der Waals surface area contributed by atoms with E-state index in [9.17, 15) is 9.59 Å². The summed E-state index contributed by atoms with van der Waals surface area (Å²) in [6.07, 6.45) is 4.66. The summed E-state index contributed by atoms with van der Waals surface area (Å²) in [5.74, 6) is -2.11. The maximum absolute atomic E-state index is 12.0. The number of hydrogen-bond donors (Lipinski definition) is 2. The maximum Gasteiger partial charge on any atom is 0.307 e. The Balaban J connectivity index is 1.94. The lowest BCUT2D eigenvalue weighted by Gasteiger charge is -2.24. The maximum atomic E-state index is 12.0. The molecular weight excluding hydrogens is 250 g/mol. The Morgan fingerprint density at radius 3 is 2.67 bits per heavy atom. The minimum atomic E-state index is -0.893. The third-order valence-corrected chi connectivity index (χ3v) is 3.87. The van der Waals surface area contributed by atoms with Gasteiger partial charge >= 0.3 is 5.97 Å². The van der Waals surface area contributed by atoms with Crippen molar-refractivity contribution in [1.82, 2.24) is 5.32 Å². The molecule has 0 radical (unpaired) electrons. The Morgan fingerprint density at radius 2 is 2.06 bits per heavy atom. The van der Waals surface area contributed by atoms with Crippen molar-refractivity contribution >= 4 is 23.2 Å². The molecular formula is C13H15NO3S. The van der Waals surface area contributed by atoms with Crippen molar-refractivity contribution in [2.45, 2.75) is 19.4 Å². The molecule has 1 aromatic rings. The van der Waals surface area contributed by atoms with Crippen molar-refractivity contribution in [2.75, 3.05) is 0 Å². The highest BCUT2D eigenvalue weighted by molar-refractivity contribution is 7.07. The number of hydrogen-bond acceptors (Lipinski definition) is 3. The summed E-state index contributed by atoms with van der Waals surface area (Å²) >= 11 is 1.58. The molecule has 4 nitrogen and oxygen atoms in total. The average molecular weight is 265 g/mol. The number of carbonyl (C=O) groups is 2. The van der Waals surface area contributed by atoms with E-state index in [1.54, 1.807) is 11.3 Å². The topological polar surface area (TPSA) is 66.4 Å². The molecule has 2 rings (SSSR count). The number of aliphatic carboxylic acids is 1. The Morgan fingerprint density at radius 1 is 1.33 bits per heavy atom. The van der Waals surface area contributed by atoms with E-state index in [-0.39, 0.29) is 5.91 Å². The Kier molecular flexibility index (Phi) is 4.15. The van der Waals surface area contributed by atoms with Crippen LogP contribution in [0.15, 0.2) is 29.0 Å². The third kappa shape index (κ3) is 2.98. The summed E-state index contributed by atoms with van der Waals surface area (Å²) < 4.78 is 0. The van der Waals surface area contributed by atoms with Crippen LogP contribution in [0.1, 0.15) is 18.4 Å². The second-order valence-corrected chi connectivity index (χ2v) is 5.12. The van der Waals surface area contributed by atoms with Gasteiger partial charge < -0.3 is 10.4 Å². The first-order chi connectivity index (χ1) is 8.68. The Bertz CT molecular complexity index is 453. The SMILES string of the molecule is O=C(NCc1ccsc1)[C@H]1CC=CC[C@H]1C(=O)O. The fraction of sp³-hybridized carbons (Fsp3) is 0.385. The van der Waals surface area contributed by atoms with E-state index in [0.29, 0.717) is 19.4 Å². The fourth-order valence-electron chi connectivity index (χ4n) is 2.09. The largest absolute Gasteiger partial charge is 0.481 e. The molecule has 0 unspecified atom stereocenters. The van der Waals surface area contributed by atoms with Crippen molar-refractivity contribution in [1.29, 1.82) is 0 Å². The summed E-state index contributed by atoms with van der Waals surface area (Å²) in [4.78, 5) is 23.1. The van der Waals surface area contributed by atoms with Gasteiger partial charge in [-0.3, -0.25) is 9.59 Å². The van der Waals surface area contributed by atoms with Gasteiger partial charge in [-0.05, 0) is 35.2 Å². The number of thiophene rings is 1. The van der Waals surface area contributed by atoms with Crippen LogP contribution in [0.5, 0.6) is 0 Å². The van der Waals surface area contributed by atoms with E-state index in [1.807, 2.05) is 29.0 Å². The lowest BCUT2D eigenvalue weighted by atomic mass is 9.82. The first kappa shape index (κ1) is 12.8. The van der Waals surface area contributed by atoms with Crippen LogP contribution in [0.2, 0.25) is 0 Å². The minimum absolute atomic E-state index is 0.169. The molecule has 2 atom stereocenters. The quantitative estimate of drug-likeness (QED) is 0.819. The van der Waals surface area contributed by atoms with Crippen molar-refractivity contribution < 1.29 is 14.7 Å². The predicted octanol–water partition coefficient (Wildman–Crippen LogP) is 2.03. The molecule has 1 aliphatic carbocycles. The second-order valence-electron chi connectivity index (χ2n) is 4.34. The van der Waals surface area contributed by atoms with Gasteiger partial charge in [0, 0.05) is 6.54 Å². The van der Waals surface area contributed by atoms with Crippen LogP contribution in [0, 0.1) is 11.8 Å². The van der Waals surface area contributed by atoms with Gasteiger partial charge in [-0.25, -0.2) is 0 Å². The fourth-order valence-corrected chi connectivity index (χ4v) is 2.76. The summed E-state index contributed by atoms with van der Waals surface area (Å²) in [5.41, 5.74) is 1.05. The van der Waals surface area contributed by atoms with E-state index < -0.39 is 17.8 Å². The molecule has 0 saturated heterocycles. The zero-order chi connectivity index (χ0) is 13.0. The van der Waals surface area contributed by atoms with E-state index in [0.717, 1.165) is 5.56 Å². The lowest BCUT2D eigenvalue weighted by molar-refractivity contribution is -0.147. The Labute approximate surface area is 109 Å². The number of rotatable bonds is 4. The van der Waals surface area contributed by atoms with E-state index >= 15 is 0 Å². The first-order valence-electron chi connectivity index (χ1n) is 5.85. The number of nitrogens with one attached hydrogen (secondary N) is 1. The molecule has 2 N–H and O–H groups in total. The molecule has 0 saturated carbocycles. The van der Waals surface area contributed by atoms with Gasteiger partial charge in [0.25, 0.3) is 0 Å². The number of carboxylic acid groups (broad SMARTS) is 1. The molecule has 96 valence electrons. The molecule has 1 heterocycles. The molecule has 0 aromatic carbocycles.